The predicted molar refractivity (Wildman–Crippen MR) is 192 cm³/mol. The van der Waals surface area contributed by atoms with Crippen LogP contribution in [0.5, 0.6) is 0 Å². The summed E-state index contributed by atoms with van der Waals surface area (Å²) in [6.07, 6.45) is 7.04. The van der Waals surface area contributed by atoms with Gasteiger partial charge in [0.2, 0.25) is 0 Å². The van der Waals surface area contributed by atoms with Crippen LogP contribution in [0.1, 0.15) is 41.5 Å². The monoisotopic (exact) mass is 606 g/mol. The number of hydrogen-bond donors (Lipinski definition) is 0. The predicted octanol–water partition coefficient (Wildman–Crippen LogP) is 9.94. The molecule has 1 unspecified atom stereocenters. The van der Waals surface area contributed by atoms with Gasteiger partial charge in [0.25, 0.3) is 0 Å². The zero-order chi connectivity index (χ0) is 27.8. The molecule has 0 saturated carbocycles. The van der Waals surface area contributed by atoms with Gasteiger partial charge in [0.1, 0.15) is 0 Å². The van der Waals surface area contributed by atoms with Gasteiger partial charge in [0, 0.05) is 5.92 Å². The fourth-order valence-electron chi connectivity index (χ4n) is 7.75. The van der Waals surface area contributed by atoms with Crippen molar-refractivity contribution in [3.8, 4) is 11.1 Å². The molecule has 0 nitrogen and oxygen atoms in total. The number of rotatable bonds is 3. The normalized spacial score (nSPS) is 15.9. The molecule has 6 aromatic rings. The van der Waals surface area contributed by atoms with Crippen LogP contribution < -0.4 is 10.4 Å². The maximum Gasteiger partial charge on any atom is 0.0287 e. The first-order chi connectivity index (χ1) is 20.8. The zero-order valence-electron chi connectivity index (χ0n) is 24.5. The molecule has 0 heterocycles. The van der Waals surface area contributed by atoms with Crippen LogP contribution in [0.25, 0.3) is 49.9 Å². The second-order valence-electron chi connectivity index (χ2n) is 11.9. The molecule has 0 radical (unpaired) electrons. The van der Waals surface area contributed by atoms with Gasteiger partial charge in [-0.15, -0.1) is 24.8 Å². The summed E-state index contributed by atoms with van der Waals surface area (Å²) in [6, 6.07) is 45.3. The molecule has 9 rings (SSSR count). The molecule has 0 amide bonds. The SMILES string of the molecule is CCC1=CC(c2ccc3cc4ccccc4cc3c2)C2=c3ccccc3=CC2=C1c1cccc2c1Cc1ccccc1-2.Cl.Cl. The summed E-state index contributed by atoms with van der Waals surface area (Å²) in [5.41, 5.74) is 14.2. The molecule has 3 aliphatic rings. The Kier molecular flexibility index (Phi) is 7.08. The van der Waals surface area contributed by atoms with Crippen molar-refractivity contribution in [3.05, 3.63) is 171 Å². The summed E-state index contributed by atoms with van der Waals surface area (Å²) >= 11 is 0. The third-order valence-corrected chi connectivity index (χ3v) is 9.70. The Morgan fingerprint density at radius 3 is 2.14 bits per heavy atom. The first-order valence-corrected chi connectivity index (χ1v) is 15.2. The lowest BCUT2D eigenvalue weighted by molar-refractivity contribution is 1.03. The van der Waals surface area contributed by atoms with Gasteiger partial charge in [-0.05, 0) is 119 Å². The lowest BCUT2D eigenvalue weighted by Crippen LogP contribution is -2.24. The summed E-state index contributed by atoms with van der Waals surface area (Å²) in [7, 11) is 0. The van der Waals surface area contributed by atoms with E-state index in [1.165, 1.54) is 87.7 Å². The summed E-state index contributed by atoms with van der Waals surface area (Å²) in [5, 5.41) is 7.90. The third kappa shape index (κ3) is 4.20. The van der Waals surface area contributed by atoms with Gasteiger partial charge < -0.3 is 0 Å². The smallest absolute Gasteiger partial charge is 0.0287 e. The minimum absolute atomic E-state index is 0. The first kappa shape index (κ1) is 28.4. The van der Waals surface area contributed by atoms with Crippen LogP contribution in [0.2, 0.25) is 0 Å². The highest BCUT2D eigenvalue weighted by Crippen LogP contribution is 2.49. The number of fused-ring (bicyclic) bond motifs is 7. The highest BCUT2D eigenvalue weighted by molar-refractivity contribution is 6.05. The van der Waals surface area contributed by atoms with Crippen LogP contribution in [0, 0.1) is 0 Å². The quantitative estimate of drug-likeness (QED) is 0.175. The van der Waals surface area contributed by atoms with Crippen LogP contribution in [-0.4, -0.2) is 0 Å². The third-order valence-electron chi connectivity index (χ3n) is 9.70. The van der Waals surface area contributed by atoms with E-state index in [1.807, 2.05) is 0 Å². The summed E-state index contributed by atoms with van der Waals surface area (Å²) in [5.74, 6) is 0.212. The average Bonchev–Trinajstić information content (AvgIpc) is 3.62. The van der Waals surface area contributed by atoms with E-state index in [0.717, 1.165) is 12.8 Å². The molecule has 0 fully saturated rings. The summed E-state index contributed by atoms with van der Waals surface area (Å²) in [6.45, 7) is 2.32. The zero-order valence-corrected chi connectivity index (χ0v) is 26.1. The van der Waals surface area contributed by atoms with E-state index in [-0.39, 0.29) is 30.7 Å². The van der Waals surface area contributed by atoms with Crippen LogP contribution in [0.15, 0.2) is 139 Å². The largest absolute Gasteiger partial charge is 0.147 e. The lowest BCUT2D eigenvalue weighted by Gasteiger charge is -2.29. The maximum atomic E-state index is 2.58. The Balaban J connectivity index is 0.00000156. The fourth-order valence-corrected chi connectivity index (χ4v) is 7.75. The van der Waals surface area contributed by atoms with Crippen LogP contribution in [0.4, 0.5) is 0 Å². The van der Waals surface area contributed by atoms with Crippen LogP contribution >= 0.6 is 24.8 Å². The molecule has 1 atom stereocenters. The van der Waals surface area contributed by atoms with Gasteiger partial charge in [-0.2, -0.15) is 0 Å². The summed E-state index contributed by atoms with van der Waals surface area (Å²) in [4.78, 5) is 0. The van der Waals surface area contributed by atoms with Crippen molar-refractivity contribution in [2.75, 3.05) is 0 Å². The maximum absolute atomic E-state index is 2.58. The van der Waals surface area contributed by atoms with E-state index in [2.05, 4.69) is 140 Å². The van der Waals surface area contributed by atoms with Gasteiger partial charge in [-0.25, -0.2) is 0 Å². The van der Waals surface area contributed by atoms with Crippen molar-refractivity contribution < 1.29 is 0 Å². The van der Waals surface area contributed by atoms with Crippen LogP contribution in [-0.2, 0) is 6.42 Å². The Morgan fingerprint density at radius 2 is 1.30 bits per heavy atom. The van der Waals surface area contributed by atoms with Gasteiger partial charge in [-0.1, -0.05) is 122 Å². The van der Waals surface area contributed by atoms with Crippen molar-refractivity contribution in [2.45, 2.75) is 25.7 Å². The minimum Gasteiger partial charge on any atom is -0.147 e. The molecular weight excluding hydrogens is 575 g/mol. The highest BCUT2D eigenvalue weighted by Gasteiger charge is 2.32. The van der Waals surface area contributed by atoms with E-state index in [4.69, 9.17) is 0 Å². The molecule has 44 heavy (non-hydrogen) atoms. The van der Waals surface area contributed by atoms with E-state index in [9.17, 15) is 0 Å². The Bertz CT molecular complexity index is 2320. The van der Waals surface area contributed by atoms with Crippen molar-refractivity contribution in [1.29, 1.82) is 0 Å². The minimum atomic E-state index is 0. The molecule has 0 aliphatic heterocycles. The molecule has 0 N–H and O–H groups in total. The Hall–Kier alpha value is -4.36. The van der Waals surface area contributed by atoms with Crippen molar-refractivity contribution in [2.24, 2.45) is 0 Å². The Labute approximate surface area is 270 Å². The van der Waals surface area contributed by atoms with E-state index in [1.54, 1.807) is 0 Å². The average molecular weight is 608 g/mol. The van der Waals surface area contributed by atoms with Crippen LogP contribution in [0.3, 0.4) is 0 Å². The fraction of sp³-hybridized carbons (Fsp3) is 0.0952. The van der Waals surface area contributed by atoms with Crippen molar-refractivity contribution in [1.82, 2.24) is 0 Å². The van der Waals surface area contributed by atoms with Gasteiger partial charge in [0.05, 0.1) is 0 Å². The number of benzene rings is 6. The number of halogens is 2. The van der Waals surface area contributed by atoms with Gasteiger partial charge >= 0.3 is 0 Å². The molecular formula is C42H32Cl2. The molecule has 3 aliphatic carbocycles. The molecule has 0 bridgehead atoms. The molecule has 0 spiro atoms. The second-order valence-corrected chi connectivity index (χ2v) is 11.9. The second kappa shape index (κ2) is 11.0. The first-order valence-electron chi connectivity index (χ1n) is 15.2. The molecule has 214 valence electrons. The number of hydrogen-bond acceptors (Lipinski definition) is 0. The topological polar surface area (TPSA) is 0 Å². The molecule has 0 aromatic heterocycles. The summed E-state index contributed by atoms with van der Waals surface area (Å²) < 4.78 is 0. The Morgan fingerprint density at radius 1 is 0.614 bits per heavy atom. The van der Waals surface area contributed by atoms with Crippen molar-refractivity contribution >= 4 is 63.6 Å². The standard InChI is InChI=1S/C42H30.2ClH/c1-2-26-23-38(32-19-18-29-20-27-10-3-4-11-28(27)21-33(29)22-32)42-35-15-8-6-13-31(35)25-40(42)41(26)37-17-9-16-36-34-14-7-5-12-30(34)24-39(36)37;;/h3-23,25,38H,2,24H2,1H3;2*1H. The molecule has 2 heteroatoms. The van der Waals surface area contributed by atoms with E-state index >= 15 is 0 Å². The number of allylic oxidation sites excluding steroid dienone is 4. The molecule has 6 aromatic carbocycles. The van der Waals surface area contributed by atoms with Gasteiger partial charge in [-0.3, -0.25) is 0 Å². The van der Waals surface area contributed by atoms with E-state index in [0.29, 0.717) is 0 Å². The van der Waals surface area contributed by atoms with Gasteiger partial charge in [0.15, 0.2) is 0 Å². The van der Waals surface area contributed by atoms with E-state index < -0.39 is 0 Å². The van der Waals surface area contributed by atoms with Crippen molar-refractivity contribution in [3.63, 3.8) is 0 Å². The lowest BCUT2D eigenvalue weighted by atomic mass is 9.74. The molecule has 0 saturated heterocycles. The highest BCUT2D eigenvalue weighted by atomic mass is 35.5.